The van der Waals surface area contributed by atoms with Crippen molar-refractivity contribution in [2.45, 2.75) is 64.3 Å². The SMILES string of the molecule is CC(C)NCc1cc(Cl)cc(Cl)c1OC1CCCCC1O. The van der Waals surface area contributed by atoms with E-state index in [0.717, 1.165) is 31.2 Å². The zero-order valence-corrected chi connectivity index (χ0v) is 14.0. The molecule has 0 saturated heterocycles. The van der Waals surface area contributed by atoms with Gasteiger partial charge in [-0.2, -0.15) is 0 Å². The number of ether oxygens (including phenoxy) is 1. The summed E-state index contributed by atoms with van der Waals surface area (Å²) in [6, 6.07) is 3.91. The van der Waals surface area contributed by atoms with Crippen LogP contribution in [0.2, 0.25) is 10.0 Å². The van der Waals surface area contributed by atoms with Gasteiger partial charge in [-0.3, -0.25) is 0 Å². The minimum absolute atomic E-state index is 0.185. The Hall–Kier alpha value is -0.480. The number of halogens is 2. The van der Waals surface area contributed by atoms with E-state index in [1.165, 1.54) is 0 Å². The molecule has 0 aliphatic heterocycles. The van der Waals surface area contributed by atoms with Crippen LogP contribution in [0.25, 0.3) is 0 Å². The van der Waals surface area contributed by atoms with Crippen molar-refractivity contribution in [2.24, 2.45) is 0 Å². The van der Waals surface area contributed by atoms with Crippen molar-refractivity contribution in [3.63, 3.8) is 0 Å². The van der Waals surface area contributed by atoms with E-state index in [0.29, 0.717) is 28.4 Å². The van der Waals surface area contributed by atoms with Crippen LogP contribution in [-0.4, -0.2) is 23.4 Å². The molecule has 1 saturated carbocycles. The van der Waals surface area contributed by atoms with Crippen molar-refractivity contribution in [3.8, 4) is 5.75 Å². The van der Waals surface area contributed by atoms with E-state index in [1.807, 2.05) is 6.07 Å². The first-order valence-electron chi connectivity index (χ1n) is 7.53. The van der Waals surface area contributed by atoms with Gasteiger partial charge < -0.3 is 15.2 Å². The van der Waals surface area contributed by atoms with Crippen LogP contribution in [-0.2, 0) is 6.54 Å². The molecule has 1 aliphatic rings. The molecule has 0 heterocycles. The Morgan fingerprint density at radius 2 is 2.00 bits per heavy atom. The summed E-state index contributed by atoms with van der Waals surface area (Å²) in [4.78, 5) is 0. The molecule has 1 aliphatic carbocycles. The van der Waals surface area contributed by atoms with Crippen LogP contribution in [0.4, 0.5) is 0 Å². The van der Waals surface area contributed by atoms with Crippen LogP contribution in [0.3, 0.4) is 0 Å². The highest BCUT2D eigenvalue weighted by molar-refractivity contribution is 6.35. The molecule has 0 bridgehead atoms. The molecule has 1 aromatic carbocycles. The smallest absolute Gasteiger partial charge is 0.143 e. The van der Waals surface area contributed by atoms with Gasteiger partial charge in [0.2, 0.25) is 0 Å². The summed E-state index contributed by atoms with van der Waals surface area (Å²) in [5.74, 6) is 0.639. The van der Waals surface area contributed by atoms with Gasteiger partial charge in [0.05, 0.1) is 11.1 Å². The Bertz CT molecular complexity index is 480. The predicted molar refractivity (Wildman–Crippen MR) is 87.3 cm³/mol. The molecule has 0 amide bonds. The molecule has 0 aromatic heterocycles. The van der Waals surface area contributed by atoms with Crippen LogP contribution in [0.15, 0.2) is 12.1 Å². The lowest BCUT2D eigenvalue weighted by atomic mass is 9.95. The third-order valence-corrected chi connectivity index (χ3v) is 4.22. The van der Waals surface area contributed by atoms with E-state index in [-0.39, 0.29) is 6.10 Å². The lowest BCUT2D eigenvalue weighted by molar-refractivity contribution is 0.00640. The maximum atomic E-state index is 10.1. The van der Waals surface area contributed by atoms with Gasteiger partial charge in [-0.05, 0) is 31.4 Å². The van der Waals surface area contributed by atoms with Gasteiger partial charge in [0.1, 0.15) is 11.9 Å². The zero-order valence-electron chi connectivity index (χ0n) is 12.5. The van der Waals surface area contributed by atoms with Crippen LogP contribution < -0.4 is 10.1 Å². The van der Waals surface area contributed by atoms with E-state index in [4.69, 9.17) is 27.9 Å². The van der Waals surface area contributed by atoms with Crippen molar-refractivity contribution >= 4 is 23.2 Å². The van der Waals surface area contributed by atoms with E-state index < -0.39 is 6.10 Å². The summed E-state index contributed by atoms with van der Waals surface area (Å²) in [5.41, 5.74) is 0.930. The lowest BCUT2D eigenvalue weighted by Crippen LogP contribution is -2.35. The molecule has 0 spiro atoms. The average molecular weight is 332 g/mol. The number of rotatable bonds is 5. The maximum absolute atomic E-state index is 10.1. The van der Waals surface area contributed by atoms with Crippen molar-refractivity contribution in [1.82, 2.24) is 5.32 Å². The fraction of sp³-hybridized carbons (Fsp3) is 0.625. The van der Waals surface area contributed by atoms with E-state index in [1.54, 1.807) is 6.07 Å². The topological polar surface area (TPSA) is 41.5 Å². The highest BCUT2D eigenvalue weighted by Gasteiger charge is 2.26. The standard InChI is InChI=1S/C16H23Cl2NO2/c1-10(2)19-9-11-7-12(17)8-13(18)16(11)21-15-6-4-3-5-14(15)20/h7-8,10,14-15,19-20H,3-6,9H2,1-2H3. The monoisotopic (exact) mass is 331 g/mol. The Morgan fingerprint density at radius 1 is 1.29 bits per heavy atom. The summed E-state index contributed by atoms with van der Waals surface area (Å²) in [6.45, 7) is 4.80. The minimum Gasteiger partial charge on any atom is -0.486 e. The van der Waals surface area contributed by atoms with Gasteiger partial charge >= 0.3 is 0 Å². The Morgan fingerprint density at radius 3 is 2.67 bits per heavy atom. The van der Waals surface area contributed by atoms with Gasteiger partial charge in [0, 0.05) is 23.2 Å². The summed E-state index contributed by atoms with van der Waals surface area (Å²) in [5, 5.41) is 14.5. The second-order valence-corrected chi connectivity index (χ2v) is 6.76. The molecule has 2 atom stereocenters. The molecule has 1 fully saturated rings. The lowest BCUT2D eigenvalue weighted by Gasteiger charge is -2.29. The number of hydrogen-bond acceptors (Lipinski definition) is 3. The molecule has 0 radical (unpaired) electrons. The van der Waals surface area contributed by atoms with Crippen LogP contribution >= 0.6 is 23.2 Å². The maximum Gasteiger partial charge on any atom is 0.143 e. The fourth-order valence-corrected chi connectivity index (χ4v) is 3.14. The molecule has 1 aromatic rings. The molecule has 3 nitrogen and oxygen atoms in total. The first-order valence-corrected chi connectivity index (χ1v) is 8.29. The Kier molecular flexibility index (Phi) is 6.18. The second kappa shape index (κ2) is 7.68. The number of nitrogens with one attached hydrogen (secondary N) is 1. The minimum atomic E-state index is -0.420. The van der Waals surface area contributed by atoms with Crippen molar-refractivity contribution in [2.75, 3.05) is 0 Å². The first-order chi connectivity index (χ1) is 9.97. The number of hydrogen-bond donors (Lipinski definition) is 2. The number of benzene rings is 1. The number of aliphatic hydroxyl groups is 1. The van der Waals surface area contributed by atoms with Crippen molar-refractivity contribution in [1.29, 1.82) is 0 Å². The first kappa shape index (κ1) is 16.9. The molecule has 21 heavy (non-hydrogen) atoms. The van der Waals surface area contributed by atoms with Crippen LogP contribution in [0.5, 0.6) is 5.75 Å². The van der Waals surface area contributed by atoms with Crippen molar-refractivity contribution < 1.29 is 9.84 Å². The normalized spacial score (nSPS) is 22.6. The van der Waals surface area contributed by atoms with Gasteiger partial charge in [0.25, 0.3) is 0 Å². The van der Waals surface area contributed by atoms with Gasteiger partial charge in [-0.15, -0.1) is 0 Å². The van der Waals surface area contributed by atoms with Crippen LogP contribution in [0.1, 0.15) is 45.1 Å². The van der Waals surface area contributed by atoms with Gasteiger partial charge in [-0.1, -0.05) is 43.5 Å². The Balaban J connectivity index is 2.19. The molecule has 2 unspecified atom stereocenters. The summed E-state index contributed by atoms with van der Waals surface area (Å²) in [7, 11) is 0. The number of aliphatic hydroxyl groups excluding tert-OH is 1. The Labute approximate surface area is 136 Å². The molecule has 2 N–H and O–H groups in total. The van der Waals surface area contributed by atoms with E-state index >= 15 is 0 Å². The highest BCUT2D eigenvalue weighted by Crippen LogP contribution is 2.35. The largest absolute Gasteiger partial charge is 0.486 e. The summed E-state index contributed by atoms with van der Waals surface area (Å²) >= 11 is 12.4. The third kappa shape index (κ3) is 4.75. The summed E-state index contributed by atoms with van der Waals surface area (Å²) < 4.78 is 6.04. The zero-order chi connectivity index (χ0) is 15.4. The molecular weight excluding hydrogens is 309 g/mol. The van der Waals surface area contributed by atoms with Crippen LogP contribution in [0, 0.1) is 0 Å². The third-order valence-electron chi connectivity index (χ3n) is 3.72. The molecule has 118 valence electrons. The molecule has 5 heteroatoms. The second-order valence-electron chi connectivity index (χ2n) is 5.92. The predicted octanol–water partition coefficient (Wildman–Crippen LogP) is 4.17. The van der Waals surface area contributed by atoms with Gasteiger partial charge in [0.15, 0.2) is 0 Å². The quantitative estimate of drug-likeness (QED) is 0.850. The average Bonchev–Trinajstić information content (AvgIpc) is 2.41. The highest BCUT2D eigenvalue weighted by atomic mass is 35.5. The summed E-state index contributed by atoms with van der Waals surface area (Å²) in [6.07, 6.45) is 3.17. The van der Waals surface area contributed by atoms with E-state index in [9.17, 15) is 5.11 Å². The fourth-order valence-electron chi connectivity index (χ4n) is 2.56. The molecule has 2 rings (SSSR count). The molecular formula is C16H23Cl2NO2. The van der Waals surface area contributed by atoms with E-state index in [2.05, 4.69) is 19.2 Å². The van der Waals surface area contributed by atoms with Gasteiger partial charge in [-0.25, -0.2) is 0 Å². The van der Waals surface area contributed by atoms with Crippen molar-refractivity contribution in [3.05, 3.63) is 27.7 Å².